The van der Waals surface area contributed by atoms with E-state index in [1.807, 2.05) is 67.6 Å². The second kappa shape index (κ2) is 6.20. The van der Waals surface area contributed by atoms with Gasteiger partial charge in [-0.15, -0.1) is 0 Å². The summed E-state index contributed by atoms with van der Waals surface area (Å²) in [6, 6.07) is 18.5. The molecule has 2 unspecified atom stereocenters. The molecule has 0 aliphatic heterocycles. The molecular formula is C16H19NO2S. The van der Waals surface area contributed by atoms with E-state index >= 15 is 0 Å². The Labute approximate surface area is 120 Å². The third kappa shape index (κ3) is 3.46. The van der Waals surface area contributed by atoms with Crippen LogP contribution in [0.3, 0.4) is 0 Å². The normalized spacial score (nSPS) is 14.7. The molecule has 0 amide bonds. The van der Waals surface area contributed by atoms with E-state index in [9.17, 15) is 8.42 Å². The van der Waals surface area contributed by atoms with E-state index in [-0.39, 0.29) is 6.04 Å². The molecule has 2 aromatic rings. The van der Waals surface area contributed by atoms with E-state index in [0.29, 0.717) is 0 Å². The lowest BCUT2D eigenvalue weighted by Crippen LogP contribution is -2.30. The monoisotopic (exact) mass is 289 g/mol. The molecule has 0 aromatic heterocycles. The third-order valence-electron chi connectivity index (χ3n) is 3.38. The minimum atomic E-state index is -3.41. The van der Waals surface area contributed by atoms with Crippen LogP contribution in [0.25, 0.3) is 0 Å². The van der Waals surface area contributed by atoms with E-state index in [1.54, 1.807) is 6.92 Å². The van der Waals surface area contributed by atoms with Gasteiger partial charge in [-0.25, -0.2) is 13.1 Å². The fourth-order valence-corrected chi connectivity index (χ4v) is 3.41. The maximum absolute atomic E-state index is 12.4. The van der Waals surface area contributed by atoms with Gasteiger partial charge in [-0.05, 0) is 25.0 Å². The molecule has 0 aliphatic carbocycles. The molecule has 0 radical (unpaired) electrons. The van der Waals surface area contributed by atoms with Crippen LogP contribution in [-0.2, 0) is 10.0 Å². The summed E-state index contributed by atoms with van der Waals surface area (Å²) in [5.74, 6) is 0. The third-order valence-corrected chi connectivity index (χ3v) is 5.26. The van der Waals surface area contributed by atoms with Crippen molar-refractivity contribution >= 4 is 10.0 Å². The van der Waals surface area contributed by atoms with E-state index in [2.05, 4.69) is 4.72 Å². The zero-order valence-corrected chi connectivity index (χ0v) is 12.5. The van der Waals surface area contributed by atoms with Gasteiger partial charge in [0.25, 0.3) is 0 Å². The first-order valence-corrected chi connectivity index (χ1v) is 8.16. The summed E-state index contributed by atoms with van der Waals surface area (Å²) in [4.78, 5) is 0. The Morgan fingerprint density at radius 2 is 1.25 bits per heavy atom. The summed E-state index contributed by atoms with van der Waals surface area (Å²) in [7, 11) is -3.41. The molecule has 0 aliphatic rings. The topological polar surface area (TPSA) is 46.2 Å². The van der Waals surface area contributed by atoms with E-state index in [0.717, 1.165) is 11.1 Å². The first-order valence-electron chi connectivity index (χ1n) is 6.62. The molecule has 1 N–H and O–H groups in total. The fourth-order valence-electron chi connectivity index (χ4n) is 2.06. The zero-order chi connectivity index (χ0) is 14.6. The minimum absolute atomic E-state index is 0.243. The van der Waals surface area contributed by atoms with Crippen LogP contribution in [0.15, 0.2) is 60.7 Å². The lowest BCUT2D eigenvalue weighted by molar-refractivity contribution is 0.556. The van der Waals surface area contributed by atoms with Gasteiger partial charge in [-0.1, -0.05) is 60.7 Å². The van der Waals surface area contributed by atoms with Crippen molar-refractivity contribution in [2.75, 3.05) is 0 Å². The molecule has 106 valence electrons. The van der Waals surface area contributed by atoms with Gasteiger partial charge in [0, 0.05) is 6.04 Å². The summed E-state index contributed by atoms with van der Waals surface area (Å²) in [6.45, 7) is 3.56. The molecule has 0 fully saturated rings. The number of rotatable bonds is 5. The van der Waals surface area contributed by atoms with Crippen LogP contribution >= 0.6 is 0 Å². The Morgan fingerprint density at radius 1 is 0.800 bits per heavy atom. The molecule has 0 bridgehead atoms. The number of hydrogen-bond donors (Lipinski definition) is 1. The molecule has 2 aromatic carbocycles. The Kier molecular flexibility index (Phi) is 4.57. The van der Waals surface area contributed by atoms with Gasteiger partial charge in [0.05, 0.1) is 5.25 Å². The van der Waals surface area contributed by atoms with Crippen LogP contribution in [0.4, 0.5) is 0 Å². The van der Waals surface area contributed by atoms with Gasteiger partial charge in [-0.3, -0.25) is 0 Å². The molecule has 4 heteroatoms. The molecule has 0 heterocycles. The van der Waals surface area contributed by atoms with E-state index in [4.69, 9.17) is 0 Å². The second-order valence-corrected chi connectivity index (χ2v) is 6.88. The standard InChI is InChI=1S/C16H19NO2S/c1-13(15-9-5-3-6-10-15)17-20(18,19)14(2)16-11-7-4-8-12-16/h3-14,17H,1-2H3. The van der Waals surface area contributed by atoms with Gasteiger partial charge in [0.1, 0.15) is 0 Å². The molecule has 0 spiro atoms. The smallest absolute Gasteiger partial charge is 0.212 e. The Bertz CT molecular complexity index is 639. The van der Waals surface area contributed by atoms with Crippen molar-refractivity contribution in [2.24, 2.45) is 0 Å². The minimum Gasteiger partial charge on any atom is -0.212 e. The number of nitrogens with one attached hydrogen (secondary N) is 1. The maximum Gasteiger partial charge on any atom is 0.218 e. The van der Waals surface area contributed by atoms with Crippen LogP contribution in [0.1, 0.15) is 36.3 Å². The van der Waals surface area contributed by atoms with Crippen LogP contribution in [0.5, 0.6) is 0 Å². The van der Waals surface area contributed by atoms with Crippen molar-refractivity contribution in [1.82, 2.24) is 4.72 Å². The van der Waals surface area contributed by atoms with Crippen molar-refractivity contribution in [3.8, 4) is 0 Å². The van der Waals surface area contributed by atoms with Crippen molar-refractivity contribution < 1.29 is 8.42 Å². The summed E-state index contributed by atoms with van der Waals surface area (Å²) in [5, 5.41) is -0.574. The van der Waals surface area contributed by atoms with E-state index in [1.165, 1.54) is 0 Å². The van der Waals surface area contributed by atoms with Crippen LogP contribution in [-0.4, -0.2) is 8.42 Å². The zero-order valence-electron chi connectivity index (χ0n) is 11.7. The molecular weight excluding hydrogens is 270 g/mol. The average molecular weight is 289 g/mol. The number of benzene rings is 2. The summed E-state index contributed by atoms with van der Waals surface area (Å²) in [5.41, 5.74) is 1.75. The summed E-state index contributed by atoms with van der Waals surface area (Å²) < 4.78 is 27.6. The first-order chi connectivity index (χ1) is 9.50. The average Bonchev–Trinajstić information content (AvgIpc) is 2.48. The number of sulfonamides is 1. The van der Waals surface area contributed by atoms with Crippen LogP contribution in [0, 0.1) is 0 Å². The van der Waals surface area contributed by atoms with Crippen molar-refractivity contribution in [3.05, 3.63) is 71.8 Å². The quantitative estimate of drug-likeness (QED) is 0.916. The van der Waals surface area contributed by atoms with Gasteiger partial charge < -0.3 is 0 Å². The lowest BCUT2D eigenvalue weighted by atomic mass is 10.1. The van der Waals surface area contributed by atoms with Gasteiger partial charge in [-0.2, -0.15) is 0 Å². The molecule has 3 nitrogen and oxygen atoms in total. The maximum atomic E-state index is 12.4. The first kappa shape index (κ1) is 14.8. The summed E-state index contributed by atoms with van der Waals surface area (Å²) in [6.07, 6.45) is 0. The van der Waals surface area contributed by atoms with Crippen molar-refractivity contribution in [2.45, 2.75) is 25.1 Å². The predicted octanol–water partition coefficient (Wildman–Crippen LogP) is 3.43. The highest BCUT2D eigenvalue weighted by Crippen LogP contribution is 2.23. The highest BCUT2D eigenvalue weighted by atomic mass is 32.2. The molecule has 0 saturated heterocycles. The number of hydrogen-bond acceptors (Lipinski definition) is 2. The lowest BCUT2D eigenvalue weighted by Gasteiger charge is -2.19. The van der Waals surface area contributed by atoms with Crippen molar-refractivity contribution in [1.29, 1.82) is 0 Å². The highest BCUT2D eigenvalue weighted by molar-refractivity contribution is 7.89. The van der Waals surface area contributed by atoms with Gasteiger partial charge in [0.15, 0.2) is 0 Å². The van der Waals surface area contributed by atoms with Crippen LogP contribution in [0.2, 0.25) is 0 Å². The Hall–Kier alpha value is -1.65. The molecule has 2 rings (SSSR count). The SMILES string of the molecule is CC(NS(=O)(=O)C(C)c1ccccc1)c1ccccc1. The molecule has 2 atom stereocenters. The van der Waals surface area contributed by atoms with Gasteiger partial charge >= 0.3 is 0 Å². The van der Waals surface area contributed by atoms with E-state index < -0.39 is 15.3 Å². The molecule has 20 heavy (non-hydrogen) atoms. The van der Waals surface area contributed by atoms with Gasteiger partial charge in [0.2, 0.25) is 10.0 Å². The highest BCUT2D eigenvalue weighted by Gasteiger charge is 2.24. The molecule has 0 saturated carbocycles. The predicted molar refractivity (Wildman–Crippen MR) is 81.8 cm³/mol. The second-order valence-electron chi connectivity index (χ2n) is 4.85. The Balaban J connectivity index is 2.16. The Morgan fingerprint density at radius 3 is 1.75 bits per heavy atom. The fraction of sp³-hybridized carbons (Fsp3) is 0.250. The van der Waals surface area contributed by atoms with Crippen LogP contribution < -0.4 is 4.72 Å². The largest absolute Gasteiger partial charge is 0.218 e. The summed E-state index contributed by atoms with van der Waals surface area (Å²) >= 11 is 0. The van der Waals surface area contributed by atoms with Crippen molar-refractivity contribution in [3.63, 3.8) is 0 Å².